The Balaban J connectivity index is 1.61. The second kappa shape index (κ2) is 7.53. The molecule has 5 aromatic rings. The minimum Gasteiger partial charge on any atom is -0.467 e. The Hall–Kier alpha value is -3.57. The SMILES string of the molecule is O=C1c2ccccc2[C@H](c2c(-c3ccc(Br)cc3)[nH]c3ccccc23)N1Cc1ccco1. The molecule has 3 heterocycles. The molecule has 0 spiro atoms. The van der Waals surface area contributed by atoms with E-state index in [2.05, 4.69) is 51.2 Å². The van der Waals surface area contributed by atoms with Gasteiger partial charge in [-0.05, 0) is 47.5 Å². The molecule has 1 atom stereocenters. The third kappa shape index (κ3) is 3.00. The summed E-state index contributed by atoms with van der Waals surface area (Å²) in [5.41, 5.74) is 6.03. The van der Waals surface area contributed by atoms with E-state index in [9.17, 15) is 4.79 Å². The maximum absolute atomic E-state index is 13.5. The molecule has 5 heteroatoms. The van der Waals surface area contributed by atoms with Crippen molar-refractivity contribution >= 4 is 32.7 Å². The Labute approximate surface area is 193 Å². The van der Waals surface area contributed by atoms with Crippen molar-refractivity contribution in [1.82, 2.24) is 9.88 Å². The summed E-state index contributed by atoms with van der Waals surface area (Å²) in [4.78, 5) is 19.1. The van der Waals surface area contributed by atoms with E-state index in [1.807, 2.05) is 59.5 Å². The maximum Gasteiger partial charge on any atom is 0.255 e. The van der Waals surface area contributed by atoms with Gasteiger partial charge in [0.1, 0.15) is 5.76 Å². The molecule has 1 aliphatic heterocycles. The van der Waals surface area contributed by atoms with E-state index in [-0.39, 0.29) is 11.9 Å². The number of nitrogens with zero attached hydrogens (tertiary/aromatic N) is 1. The van der Waals surface area contributed by atoms with Crippen LogP contribution in [0.25, 0.3) is 22.2 Å². The number of hydrogen-bond acceptors (Lipinski definition) is 2. The highest BCUT2D eigenvalue weighted by molar-refractivity contribution is 9.10. The Morgan fingerprint density at radius 2 is 1.69 bits per heavy atom. The molecule has 1 N–H and O–H groups in total. The van der Waals surface area contributed by atoms with Crippen molar-refractivity contribution in [3.8, 4) is 11.3 Å². The first-order chi connectivity index (χ1) is 15.7. The molecule has 0 bridgehead atoms. The zero-order valence-corrected chi connectivity index (χ0v) is 18.7. The van der Waals surface area contributed by atoms with Gasteiger partial charge in [-0.15, -0.1) is 0 Å². The summed E-state index contributed by atoms with van der Waals surface area (Å²) in [6.45, 7) is 0.407. The first kappa shape index (κ1) is 19.1. The van der Waals surface area contributed by atoms with Crippen LogP contribution in [0.5, 0.6) is 0 Å². The third-order valence-corrected chi connectivity index (χ3v) is 6.65. The van der Waals surface area contributed by atoms with Crippen LogP contribution in [0.3, 0.4) is 0 Å². The molecule has 3 aromatic carbocycles. The molecule has 2 aromatic heterocycles. The van der Waals surface area contributed by atoms with Crippen LogP contribution < -0.4 is 0 Å². The van der Waals surface area contributed by atoms with Gasteiger partial charge in [0.25, 0.3) is 5.91 Å². The quantitative estimate of drug-likeness (QED) is 0.301. The lowest BCUT2D eigenvalue weighted by Gasteiger charge is -2.26. The average molecular weight is 483 g/mol. The minimum absolute atomic E-state index is 0.0223. The highest BCUT2D eigenvalue weighted by Gasteiger charge is 2.40. The number of para-hydroxylation sites is 1. The molecule has 0 fully saturated rings. The van der Waals surface area contributed by atoms with Crippen LogP contribution in [0, 0.1) is 0 Å². The number of halogens is 1. The van der Waals surface area contributed by atoms with Crippen molar-refractivity contribution in [1.29, 1.82) is 0 Å². The van der Waals surface area contributed by atoms with Crippen molar-refractivity contribution in [3.05, 3.63) is 118 Å². The zero-order chi connectivity index (χ0) is 21.7. The Bertz CT molecular complexity index is 1430. The summed E-state index contributed by atoms with van der Waals surface area (Å²) in [6, 6.07) is 28.0. The predicted molar refractivity (Wildman–Crippen MR) is 128 cm³/mol. The second-order valence-corrected chi connectivity index (χ2v) is 8.88. The summed E-state index contributed by atoms with van der Waals surface area (Å²) < 4.78 is 6.64. The van der Waals surface area contributed by atoms with E-state index in [4.69, 9.17) is 4.42 Å². The molecule has 4 nitrogen and oxygen atoms in total. The number of aromatic amines is 1. The van der Waals surface area contributed by atoms with Crippen LogP contribution >= 0.6 is 15.9 Å². The number of benzene rings is 3. The number of nitrogens with one attached hydrogen (secondary N) is 1. The minimum atomic E-state index is -0.224. The average Bonchev–Trinajstić information content (AvgIpc) is 3.53. The van der Waals surface area contributed by atoms with E-state index in [1.54, 1.807) is 6.26 Å². The Morgan fingerprint density at radius 1 is 0.906 bits per heavy atom. The normalized spacial score (nSPS) is 15.5. The summed E-state index contributed by atoms with van der Waals surface area (Å²) >= 11 is 3.54. The van der Waals surface area contributed by atoms with Crippen LogP contribution in [-0.4, -0.2) is 15.8 Å². The molecule has 6 rings (SSSR count). The smallest absolute Gasteiger partial charge is 0.255 e. The van der Waals surface area contributed by atoms with Gasteiger partial charge in [-0.3, -0.25) is 4.79 Å². The summed E-state index contributed by atoms with van der Waals surface area (Å²) in [5.74, 6) is 0.787. The van der Waals surface area contributed by atoms with Gasteiger partial charge in [-0.1, -0.05) is 64.5 Å². The van der Waals surface area contributed by atoms with E-state index in [0.717, 1.165) is 49.1 Å². The highest BCUT2D eigenvalue weighted by Crippen LogP contribution is 2.46. The highest BCUT2D eigenvalue weighted by atomic mass is 79.9. The maximum atomic E-state index is 13.5. The van der Waals surface area contributed by atoms with Gasteiger partial charge in [-0.2, -0.15) is 0 Å². The van der Waals surface area contributed by atoms with Crippen molar-refractivity contribution in [2.45, 2.75) is 12.6 Å². The molecular weight excluding hydrogens is 464 g/mol. The fourth-order valence-corrected chi connectivity index (χ4v) is 4.97. The predicted octanol–water partition coefficient (Wildman–Crippen LogP) is 6.94. The largest absolute Gasteiger partial charge is 0.467 e. The van der Waals surface area contributed by atoms with E-state index in [1.165, 1.54) is 0 Å². The monoisotopic (exact) mass is 482 g/mol. The molecule has 32 heavy (non-hydrogen) atoms. The van der Waals surface area contributed by atoms with Gasteiger partial charge < -0.3 is 14.3 Å². The molecule has 0 aliphatic carbocycles. The van der Waals surface area contributed by atoms with Gasteiger partial charge in [0, 0.05) is 26.5 Å². The van der Waals surface area contributed by atoms with E-state index < -0.39 is 0 Å². The topological polar surface area (TPSA) is 49.2 Å². The fourth-order valence-electron chi connectivity index (χ4n) is 4.71. The fraction of sp³-hybridized carbons (Fsp3) is 0.0741. The molecule has 1 aliphatic rings. The molecule has 0 saturated carbocycles. The van der Waals surface area contributed by atoms with Crippen LogP contribution in [0.4, 0.5) is 0 Å². The number of fused-ring (bicyclic) bond motifs is 2. The number of amides is 1. The Kier molecular flexibility index (Phi) is 4.51. The van der Waals surface area contributed by atoms with Crippen molar-refractivity contribution in [2.24, 2.45) is 0 Å². The second-order valence-electron chi connectivity index (χ2n) is 7.97. The van der Waals surface area contributed by atoms with E-state index in [0.29, 0.717) is 6.54 Å². The number of furan rings is 1. The van der Waals surface area contributed by atoms with Crippen LogP contribution in [0.15, 0.2) is 100 Å². The number of carbonyl (C=O) groups excluding carboxylic acids is 1. The number of carbonyl (C=O) groups is 1. The zero-order valence-electron chi connectivity index (χ0n) is 17.1. The number of hydrogen-bond donors (Lipinski definition) is 1. The van der Waals surface area contributed by atoms with Crippen molar-refractivity contribution < 1.29 is 9.21 Å². The van der Waals surface area contributed by atoms with Crippen molar-refractivity contribution in [3.63, 3.8) is 0 Å². The number of rotatable bonds is 4. The van der Waals surface area contributed by atoms with Gasteiger partial charge in [0.15, 0.2) is 0 Å². The van der Waals surface area contributed by atoms with Gasteiger partial charge in [0.2, 0.25) is 0 Å². The van der Waals surface area contributed by atoms with Crippen LogP contribution in [0.1, 0.15) is 33.3 Å². The van der Waals surface area contributed by atoms with Gasteiger partial charge >= 0.3 is 0 Å². The Morgan fingerprint density at radius 3 is 2.50 bits per heavy atom. The molecular formula is C27H19BrN2O2. The summed E-state index contributed by atoms with van der Waals surface area (Å²) in [5, 5.41) is 1.12. The molecule has 0 saturated heterocycles. The molecule has 1 amide bonds. The third-order valence-electron chi connectivity index (χ3n) is 6.12. The summed E-state index contributed by atoms with van der Waals surface area (Å²) in [7, 11) is 0. The van der Waals surface area contributed by atoms with Crippen LogP contribution in [-0.2, 0) is 6.54 Å². The molecule has 0 radical (unpaired) electrons. The first-order valence-electron chi connectivity index (χ1n) is 10.5. The lowest BCUT2D eigenvalue weighted by molar-refractivity contribution is 0.0724. The number of aromatic nitrogens is 1. The lowest BCUT2D eigenvalue weighted by atomic mass is 9.93. The van der Waals surface area contributed by atoms with Gasteiger partial charge in [-0.25, -0.2) is 0 Å². The standard InChI is InChI=1S/C27H19BrN2O2/c28-18-13-11-17(12-14-18)25-24(22-9-3-4-10-23(22)29-25)26-20-7-1-2-8-21(20)27(31)30(26)16-19-6-5-15-32-19/h1-15,26,29H,16H2/t26-/m1/s1. The van der Waals surface area contributed by atoms with Gasteiger partial charge in [0.05, 0.1) is 24.5 Å². The van der Waals surface area contributed by atoms with E-state index >= 15 is 0 Å². The summed E-state index contributed by atoms with van der Waals surface area (Å²) in [6.07, 6.45) is 1.65. The van der Waals surface area contributed by atoms with Crippen molar-refractivity contribution in [2.75, 3.05) is 0 Å². The molecule has 0 unspecified atom stereocenters. The van der Waals surface area contributed by atoms with Crippen LogP contribution in [0.2, 0.25) is 0 Å². The number of H-pyrrole nitrogens is 1. The molecule has 156 valence electrons. The lowest BCUT2D eigenvalue weighted by Crippen LogP contribution is -2.28. The first-order valence-corrected chi connectivity index (χ1v) is 11.3.